The highest BCUT2D eigenvalue weighted by molar-refractivity contribution is 5.92. The number of carbonyl (C=O) groups is 1. The molecule has 0 bridgehead atoms. The van der Waals surface area contributed by atoms with Gasteiger partial charge >= 0.3 is 5.97 Å². The van der Waals surface area contributed by atoms with Crippen LogP contribution in [0.25, 0.3) is 11.0 Å². The second-order valence-electron chi connectivity index (χ2n) is 5.47. The maximum Gasteiger partial charge on any atom is 0.335 e. The Morgan fingerprint density at radius 3 is 3.05 bits per heavy atom. The van der Waals surface area contributed by atoms with Crippen LogP contribution in [-0.4, -0.2) is 33.3 Å². The highest BCUT2D eigenvalue weighted by Crippen LogP contribution is 2.22. The third-order valence-electron chi connectivity index (χ3n) is 4.09. The van der Waals surface area contributed by atoms with Crippen molar-refractivity contribution in [2.24, 2.45) is 0 Å². The van der Waals surface area contributed by atoms with E-state index >= 15 is 0 Å². The highest BCUT2D eigenvalue weighted by atomic mass is 16.5. The van der Waals surface area contributed by atoms with Crippen LogP contribution in [0.4, 0.5) is 0 Å². The fraction of sp³-hybridized carbons (Fsp3) is 0.500. The average Bonchev–Trinajstić information content (AvgIpc) is 3.11. The predicted octanol–water partition coefficient (Wildman–Crippen LogP) is 2.87. The van der Waals surface area contributed by atoms with E-state index in [1.807, 2.05) is 6.07 Å². The van der Waals surface area contributed by atoms with Crippen molar-refractivity contribution in [1.82, 2.24) is 9.55 Å². The van der Waals surface area contributed by atoms with Crippen molar-refractivity contribution in [3.05, 3.63) is 29.6 Å². The summed E-state index contributed by atoms with van der Waals surface area (Å²) in [4.78, 5) is 15.6. The number of ether oxygens (including phenoxy) is 1. The zero-order chi connectivity index (χ0) is 14.8. The van der Waals surface area contributed by atoms with Crippen LogP contribution in [-0.2, 0) is 17.7 Å². The largest absolute Gasteiger partial charge is 0.478 e. The van der Waals surface area contributed by atoms with Crippen LogP contribution in [0, 0.1) is 0 Å². The Balaban J connectivity index is 1.90. The van der Waals surface area contributed by atoms with Gasteiger partial charge in [-0.1, -0.05) is 6.92 Å². The van der Waals surface area contributed by atoms with Crippen molar-refractivity contribution in [3.8, 4) is 0 Å². The number of aromatic nitrogens is 2. The Kier molecular flexibility index (Phi) is 3.92. The van der Waals surface area contributed by atoms with Crippen LogP contribution in [0.2, 0.25) is 0 Å². The lowest BCUT2D eigenvalue weighted by atomic mass is 10.1. The van der Waals surface area contributed by atoms with Gasteiger partial charge in [0.1, 0.15) is 5.82 Å². The van der Waals surface area contributed by atoms with Gasteiger partial charge in [0.2, 0.25) is 0 Å². The first kappa shape index (κ1) is 14.1. The molecule has 2 aromatic rings. The van der Waals surface area contributed by atoms with Crippen LogP contribution in [0.1, 0.15) is 42.4 Å². The smallest absolute Gasteiger partial charge is 0.335 e. The number of rotatable bonds is 5. The molecule has 1 atom stereocenters. The maximum atomic E-state index is 11.1. The van der Waals surface area contributed by atoms with E-state index in [1.54, 1.807) is 12.1 Å². The van der Waals surface area contributed by atoms with Gasteiger partial charge in [0, 0.05) is 19.6 Å². The quantitative estimate of drug-likeness (QED) is 0.918. The van der Waals surface area contributed by atoms with Crippen molar-refractivity contribution in [2.45, 2.75) is 45.3 Å². The Morgan fingerprint density at radius 1 is 1.52 bits per heavy atom. The molecule has 112 valence electrons. The lowest BCUT2D eigenvalue weighted by molar-refractivity contribution is 0.0697. The number of aryl methyl sites for hydroxylation is 2. The molecular formula is C16H20N2O3. The first-order valence-corrected chi connectivity index (χ1v) is 7.53. The van der Waals surface area contributed by atoms with Gasteiger partial charge in [0.15, 0.2) is 0 Å². The molecule has 0 saturated carbocycles. The van der Waals surface area contributed by atoms with Crippen LogP contribution in [0.15, 0.2) is 18.2 Å². The summed E-state index contributed by atoms with van der Waals surface area (Å²) in [6, 6.07) is 5.16. The summed E-state index contributed by atoms with van der Waals surface area (Å²) in [5.41, 5.74) is 2.06. The normalized spacial score (nSPS) is 18.4. The van der Waals surface area contributed by atoms with Gasteiger partial charge in [0.05, 0.1) is 22.7 Å². The monoisotopic (exact) mass is 288 g/mol. The number of carboxylic acids is 1. The lowest BCUT2D eigenvalue weighted by Gasteiger charge is -2.12. The van der Waals surface area contributed by atoms with Crippen molar-refractivity contribution >= 4 is 17.0 Å². The number of benzene rings is 1. The van der Waals surface area contributed by atoms with Crippen molar-refractivity contribution in [3.63, 3.8) is 0 Å². The van der Waals surface area contributed by atoms with Crippen LogP contribution >= 0.6 is 0 Å². The molecule has 2 heterocycles. The van der Waals surface area contributed by atoms with Gasteiger partial charge in [-0.05, 0) is 37.5 Å². The fourth-order valence-electron chi connectivity index (χ4n) is 2.98. The molecule has 0 radical (unpaired) electrons. The van der Waals surface area contributed by atoms with E-state index < -0.39 is 5.97 Å². The number of hydrogen-bond donors (Lipinski definition) is 1. The molecule has 21 heavy (non-hydrogen) atoms. The summed E-state index contributed by atoms with van der Waals surface area (Å²) in [5, 5.41) is 9.07. The fourth-order valence-corrected chi connectivity index (χ4v) is 2.98. The Labute approximate surface area is 123 Å². The molecule has 5 nitrogen and oxygen atoms in total. The van der Waals surface area contributed by atoms with E-state index in [0.29, 0.717) is 6.10 Å². The minimum absolute atomic E-state index is 0.286. The van der Waals surface area contributed by atoms with E-state index in [-0.39, 0.29) is 5.56 Å². The molecule has 1 aliphatic rings. The van der Waals surface area contributed by atoms with Crippen LogP contribution in [0.5, 0.6) is 0 Å². The summed E-state index contributed by atoms with van der Waals surface area (Å²) in [7, 11) is 0. The number of carboxylic acid groups (broad SMARTS) is 1. The standard InChI is InChI=1S/C16H20N2O3/c1-2-15-17-13-10-11(16(19)20)5-6-14(13)18(15)8-7-12-4-3-9-21-12/h5-6,10,12H,2-4,7-9H2,1H3,(H,19,20). The molecule has 5 heteroatoms. The van der Waals surface area contributed by atoms with Crippen LogP contribution < -0.4 is 0 Å². The number of aromatic carboxylic acids is 1. The summed E-state index contributed by atoms with van der Waals surface area (Å²) in [6.07, 6.45) is 4.46. The number of hydrogen-bond acceptors (Lipinski definition) is 3. The minimum Gasteiger partial charge on any atom is -0.478 e. The Hall–Kier alpha value is -1.88. The molecule has 0 amide bonds. The first-order chi connectivity index (χ1) is 10.2. The van der Waals surface area contributed by atoms with Crippen molar-refractivity contribution < 1.29 is 14.6 Å². The third-order valence-corrected chi connectivity index (χ3v) is 4.09. The average molecular weight is 288 g/mol. The Bertz CT molecular complexity index is 657. The molecule has 1 aliphatic heterocycles. The van der Waals surface area contributed by atoms with E-state index in [4.69, 9.17) is 9.84 Å². The van der Waals surface area contributed by atoms with Crippen molar-refractivity contribution in [2.75, 3.05) is 6.61 Å². The van der Waals surface area contributed by atoms with Gasteiger partial charge < -0.3 is 14.4 Å². The summed E-state index contributed by atoms with van der Waals surface area (Å²) in [6.45, 7) is 3.82. The summed E-state index contributed by atoms with van der Waals surface area (Å²) >= 11 is 0. The van der Waals surface area contributed by atoms with E-state index in [1.165, 1.54) is 0 Å². The topological polar surface area (TPSA) is 64.3 Å². The second kappa shape index (κ2) is 5.85. The second-order valence-corrected chi connectivity index (χ2v) is 5.47. The van der Waals surface area contributed by atoms with Gasteiger partial charge in [-0.2, -0.15) is 0 Å². The SMILES string of the molecule is CCc1nc2cc(C(=O)O)ccc2n1CCC1CCCO1. The summed E-state index contributed by atoms with van der Waals surface area (Å²) in [5.74, 6) is 0.0920. The molecule has 0 aliphatic carbocycles. The van der Waals surface area contributed by atoms with Gasteiger partial charge in [0.25, 0.3) is 0 Å². The zero-order valence-corrected chi connectivity index (χ0v) is 12.2. The first-order valence-electron chi connectivity index (χ1n) is 7.53. The molecule has 1 aromatic carbocycles. The number of imidazole rings is 1. The molecule has 1 N–H and O–H groups in total. The number of nitrogens with zero attached hydrogens (tertiary/aromatic N) is 2. The van der Waals surface area contributed by atoms with Crippen molar-refractivity contribution in [1.29, 1.82) is 0 Å². The Morgan fingerprint density at radius 2 is 2.38 bits per heavy atom. The lowest BCUT2D eigenvalue weighted by Crippen LogP contribution is -2.11. The summed E-state index contributed by atoms with van der Waals surface area (Å²) < 4.78 is 7.87. The predicted molar refractivity (Wildman–Crippen MR) is 79.7 cm³/mol. The third kappa shape index (κ3) is 2.78. The van der Waals surface area contributed by atoms with E-state index in [9.17, 15) is 4.79 Å². The van der Waals surface area contributed by atoms with Gasteiger partial charge in [-0.3, -0.25) is 0 Å². The zero-order valence-electron chi connectivity index (χ0n) is 12.2. The molecular weight excluding hydrogens is 268 g/mol. The van der Waals surface area contributed by atoms with E-state index in [0.717, 1.165) is 55.7 Å². The minimum atomic E-state index is -0.913. The van der Waals surface area contributed by atoms with Crippen LogP contribution in [0.3, 0.4) is 0 Å². The molecule has 1 fully saturated rings. The number of fused-ring (bicyclic) bond motifs is 1. The molecule has 0 spiro atoms. The molecule has 1 saturated heterocycles. The molecule has 1 aromatic heterocycles. The molecule has 3 rings (SSSR count). The molecule has 1 unspecified atom stereocenters. The van der Waals surface area contributed by atoms with Gasteiger partial charge in [-0.25, -0.2) is 9.78 Å². The maximum absolute atomic E-state index is 11.1. The van der Waals surface area contributed by atoms with Gasteiger partial charge in [-0.15, -0.1) is 0 Å². The van der Waals surface area contributed by atoms with E-state index in [2.05, 4.69) is 16.5 Å². The highest BCUT2D eigenvalue weighted by Gasteiger charge is 2.17.